The number of hydrogen-bond acceptors (Lipinski definition) is 4. The van der Waals surface area contributed by atoms with Crippen molar-refractivity contribution in [2.75, 3.05) is 12.3 Å². The van der Waals surface area contributed by atoms with Crippen LogP contribution in [0.2, 0.25) is 0 Å². The number of anilines is 1. The highest BCUT2D eigenvalue weighted by Crippen LogP contribution is 2.23. The molecule has 0 fully saturated rings. The van der Waals surface area contributed by atoms with Gasteiger partial charge in [0.25, 0.3) is 5.69 Å². The van der Waals surface area contributed by atoms with Gasteiger partial charge in [0.2, 0.25) is 0 Å². The monoisotopic (exact) mass is 195 g/mol. The molecule has 14 heavy (non-hydrogen) atoms. The normalized spacial score (nSPS) is 10.1. The summed E-state index contributed by atoms with van der Waals surface area (Å²) >= 11 is 0. The van der Waals surface area contributed by atoms with E-state index in [-0.39, 0.29) is 5.69 Å². The number of nitro benzene ring substituents is 1. The average molecular weight is 195 g/mol. The van der Waals surface area contributed by atoms with E-state index in [0.717, 1.165) is 6.54 Å². The van der Waals surface area contributed by atoms with Crippen molar-refractivity contribution in [1.29, 1.82) is 0 Å². The first-order valence-corrected chi connectivity index (χ1v) is 4.39. The van der Waals surface area contributed by atoms with Crippen molar-refractivity contribution < 1.29 is 4.92 Å². The van der Waals surface area contributed by atoms with Crippen LogP contribution in [0, 0.1) is 10.1 Å². The minimum Gasteiger partial charge on any atom is -0.398 e. The third kappa shape index (κ3) is 2.20. The Hall–Kier alpha value is -1.62. The van der Waals surface area contributed by atoms with Gasteiger partial charge in [-0.3, -0.25) is 10.1 Å². The van der Waals surface area contributed by atoms with E-state index in [9.17, 15) is 10.1 Å². The number of benzene rings is 1. The Kier molecular flexibility index (Phi) is 3.41. The summed E-state index contributed by atoms with van der Waals surface area (Å²) in [6.45, 7) is 3.12. The van der Waals surface area contributed by atoms with E-state index in [1.165, 1.54) is 6.07 Å². The third-order valence-electron chi connectivity index (χ3n) is 1.94. The van der Waals surface area contributed by atoms with Crippen molar-refractivity contribution in [2.45, 2.75) is 13.5 Å². The van der Waals surface area contributed by atoms with Gasteiger partial charge in [0.05, 0.1) is 10.5 Å². The van der Waals surface area contributed by atoms with E-state index in [2.05, 4.69) is 5.32 Å². The zero-order valence-corrected chi connectivity index (χ0v) is 7.99. The molecule has 1 aromatic rings. The third-order valence-corrected chi connectivity index (χ3v) is 1.94. The van der Waals surface area contributed by atoms with Crippen LogP contribution in [0.1, 0.15) is 12.5 Å². The van der Waals surface area contributed by atoms with Crippen LogP contribution >= 0.6 is 0 Å². The molecule has 5 nitrogen and oxygen atoms in total. The lowest BCUT2D eigenvalue weighted by atomic mass is 10.1. The smallest absolute Gasteiger partial charge is 0.275 e. The first-order valence-electron chi connectivity index (χ1n) is 4.39. The molecule has 0 bridgehead atoms. The summed E-state index contributed by atoms with van der Waals surface area (Å²) in [7, 11) is 0. The lowest BCUT2D eigenvalue weighted by molar-refractivity contribution is -0.385. The van der Waals surface area contributed by atoms with Crippen molar-refractivity contribution in [3.05, 3.63) is 33.9 Å². The highest BCUT2D eigenvalue weighted by atomic mass is 16.6. The molecule has 3 N–H and O–H groups in total. The van der Waals surface area contributed by atoms with Gasteiger partial charge in [-0.2, -0.15) is 0 Å². The molecule has 0 unspecified atom stereocenters. The van der Waals surface area contributed by atoms with E-state index < -0.39 is 4.92 Å². The summed E-state index contributed by atoms with van der Waals surface area (Å²) in [4.78, 5) is 10.2. The molecule has 0 saturated heterocycles. The van der Waals surface area contributed by atoms with Gasteiger partial charge in [-0.25, -0.2) is 0 Å². The second-order valence-corrected chi connectivity index (χ2v) is 2.88. The van der Waals surface area contributed by atoms with Crippen LogP contribution in [0.15, 0.2) is 18.2 Å². The first-order chi connectivity index (χ1) is 6.66. The Morgan fingerprint density at radius 3 is 2.86 bits per heavy atom. The Bertz CT molecular complexity index is 339. The van der Waals surface area contributed by atoms with Gasteiger partial charge in [-0.1, -0.05) is 13.0 Å². The van der Waals surface area contributed by atoms with Crippen molar-refractivity contribution in [3.8, 4) is 0 Å². The maximum Gasteiger partial charge on any atom is 0.275 e. The number of rotatable bonds is 4. The topological polar surface area (TPSA) is 81.2 Å². The van der Waals surface area contributed by atoms with Crippen LogP contribution in [-0.4, -0.2) is 11.5 Å². The predicted molar refractivity (Wildman–Crippen MR) is 54.9 cm³/mol. The molecule has 0 aromatic heterocycles. The molecule has 0 saturated carbocycles. The quantitative estimate of drug-likeness (QED) is 0.431. The average Bonchev–Trinajstić information content (AvgIpc) is 2.15. The molecule has 0 aliphatic heterocycles. The van der Waals surface area contributed by atoms with Gasteiger partial charge < -0.3 is 11.1 Å². The van der Waals surface area contributed by atoms with Gasteiger partial charge in [0.15, 0.2) is 0 Å². The fraction of sp³-hybridized carbons (Fsp3) is 0.333. The van der Waals surface area contributed by atoms with E-state index in [1.807, 2.05) is 6.92 Å². The van der Waals surface area contributed by atoms with Gasteiger partial charge in [0.1, 0.15) is 0 Å². The molecular weight excluding hydrogens is 182 g/mol. The van der Waals surface area contributed by atoms with Crippen LogP contribution in [0.4, 0.5) is 11.4 Å². The van der Waals surface area contributed by atoms with Crippen LogP contribution in [0.3, 0.4) is 0 Å². The molecule has 0 aliphatic carbocycles. The van der Waals surface area contributed by atoms with Gasteiger partial charge in [0, 0.05) is 18.3 Å². The van der Waals surface area contributed by atoms with Crippen LogP contribution in [0.25, 0.3) is 0 Å². The molecule has 0 spiro atoms. The van der Waals surface area contributed by atoms with Crippen LogP contribution < -0.4 is 11.1 Å². The molecule has 0 heterocycles. The second kappa shape index (κ2) is 4.57. The molecule has 0 aliphatic rings. The number of nitrogens with zero attached hydrogens (tertiary/aromatic N) is 1. The van der Waals surface area contributed by atoms with Gasteiger partial charge >= 0.3 is 0 Å². The van der Waals surface area contributed by atoms with E-state index in [0.29, 0.717) is 17.8 Å². The standard InChI is InChI=1S/C9H13N3O2/c1-2-11-6-7-8(10)4-3-5-9(7)12(13)14/h3-5,11H,2,6,10H2,1H3. The van der Waals surface area contributed by atoms with Crippen molar-refractivity contribution in [2.24, 2.45) is 0 Å². The number of nitrogen functional groups attached to an aromatic ring is 1. The maximum absolute atomic E-state index is 10.7. The fourth-order valence-corrected chi connectivity index (χ4v) is 1.21. The Morgan fingerprint density at radius 2 is 2.29 bits per heavy atom. The Morgan fingerprint density at radius 1 is 1.57 bits per heavy atom. The Labute approximate surface area is 82.1 Å². The highest BCUT2D eigenvalue weighted by molar-refractivity contribution is 5.57. The summed E-state index contributed by atoms with van der Waals surface area (Å²) in [5, 5.41) is 13.7. The minimum absolute atomic E-state index is 0.0750. The minimum atomic E-state index is -0.414. The van der Waals surface area contributed by atoms with Gasteiger partial charge in [-0.05, 0) is 12.6 Å². The molecule has 1 aromatic carbocycles. The molecule has 0 amide bonds. The maximum atomic E-state index is 10.7. The van der Waals surface area contributed by atoms with E-state index in [1.54, 1.807) is 12.1 Å². The summed E-state index contributed by atoms with van der Waals surface area (Å²) in [5.41, 5.74) is 6.74. The van der Waals surface area contributed by atoms with Crippen LogP contribution in [-0.2, 0) is 6.54 Å². The number of nitro groups is 1. The summed E-state index contributed by atoms with van der Waals surface area (Å²) in [5.74, 6) is 0. The first kappa shape index (κ1) is 10.5. The predicted octanol–water partition coefficient (Wildman–Crippen LogP) is 1.29. The molecule has 76 valence electrons. The largest absolute Gasteiger partial charge is 0.398 e. The lowest BCUT2D eigenvalue weighted by Gasteiger charge is -2.06. The van der Waals surface area contributed by atoms with E-state index in [4.69, 9.17) is 5.73 Å². The summed E-state index contributed by atoms with van der Waals surface area (Å²) < 4.78 is 0. The second-order valence-electron chi connectivity index (χ2n) is 2.88. The van der Waals surface area contributed by atoms with Gasteiger partial charge in [-0.15, -0.1) is 0 Å². The lowest BCUT2D eigenvalue weighted by Crippen LogP contribution is -2.14. The van der Waals surface area contributed by atoms with E-state index >= 15 is 0 Å². The number of nitrogens with two attached hydrogens (primary N) is 1. The van der Waals surface area contributed by atoms with Crippen molar-refractivity contribution in [1.82, 2.24) is 5.32 Å². The summed E-state index contributed by atoms with van der Waals surface area (Å²) in [6, 6.07) is 4.71. The molecule has 0 radical (unpaired) electrons. The number of hydrogen-bond donors (Lipinski definition) is 2. The molecular formula is C9H13N3O2. The van der Waals surface area contributed by atoms with Crippen LogP contribution in [0.5, 0.6) is 0 Å². The zero-order valence-electron chi connectivity index (χ0n) is 7.99. The summed E-state index contributed by atoms with van der Waals surface area (Å²) in [6.07, 6.45) is 0. The van der Waals surface area contributed by atoms with Crippen molar-refractivity contribution >= 4 is 11.4 Å². The molecule has 5 heteroatoms. The SMILES string of the molecule is CCNCc1c(N)cccc1[N+](=O)[O-]. The fourth-order valence-electron chi connectivity index (χ4n) is 1.21. The number of nitrogens with one attached hydrogen (secondary N) is 1. The van der Waals surface area contributed by atoms with Crippen molar-refractivity contribution in [3.63, 3.8) is 0 Å². The molecule has 1 rings (SSSR count). The molecule has 0 atom stereocenters. The Balaban J connectivity index is 3.02. The highest BCUT2D eigenvalue weighted by Gasteiger charge is 2.14. The zero-order chi connectivity index (χ0) is 10.6.